The molecule has 3 aromatic rings. The van der Waals surface area contributed by atoms with Gasteiger partial charge in [-0.25, -0.2) is 0 Å². The van der Waals surface area contributed by atoms with E-state index in [9.17, 15) is 4.79 Å². The maximum Gasteiger partial charge on any atom is 0.274 e. The highest BCUT2D eigenvalue weighted by molar-refractivity contribution is 6.03. The molecular formula is C21H19N3O3. The lowest BCUT2D eigenvalue weighted by Gasteiger charge is -2.11. The van der Waals surface area contributed by atoms with Crippen LogP contribution in [-0.4, -0.2) is 17.7 Å². The minimum Gasteiger partial charge on any atom is -0.454 e. The Balaban J connectivity index is 1.50. The predicted molar refractivity (Wildman–Crippen MR) is 104 cm³/mol. The van der Waals surface area contributed by atoms with E-state index in [1.165, 1.54) is 5.56 Å². The van der Waals surface area contributed by atoms with Gasteiger partial charge in [-0.1, -0.05) is 17.7 Å². The fourth-order valence-corrected chi connectivity index (χ4v) is 2.91. The number of pyridine rings is 1. The summed E-state index contributed by atoms with van der Waals surface area (Å²) in [5.41, 5.74) is 5.08. The Bertz CT molecular complexity index is 1020. The number of nitrogens with zero attached hydrogens (tertiary/aromatic N) is 1. The molecule has 2 N–H and O–H groups in total. The van der Waals surface area contributed by atoms with Crippen molar-refractivity contribution in [3.05, 3.63) is 71.5 Å². The molecule has 2 aromatic carbocycles. The fraction of sp³-hybridized carbons (Fsp3) is 0.143. The molecule has 136 valence electrons. The summed E-state index contributed by atoms with van der Waals surface area (Å²) in [6, 6.07) is 15.0. The second-order valence-corrected chi connectivity index (χ2v) is 6.40. The first-order chi connectivity index (χ1) is 13.1. The normalized spacial score (nSPS) is 11.9. The van der Waals surface area contributed by atoms with Gasteiger partial charge in [-0.15, -0.1) is 0 Å². The Morgan fingerprint density at radius 2 is 1.81 bits per heavy atom. The molecule has 27 heavy (non-hydrogen) atoms. The first kappa shape index (κ1) is 16.9. The molecule has 4 rings (SSSR count). The lowest BCUT2D eigenvalue weighted by molar-refractivity contribution is 0.102. The van der Waals surface area contributed by atoms with Crippen LogP contribution >= 0.6 is 0 Å². The highest BCUT2D eigenvalue weighted by atomic mass is 16.7. The molecular weight excluding hydrogens is 342 g/mol. The van der Waals surface area contributed by atoms with Crippen molar-refractivity contribution in [2.45, 2.75) is 13.8 Å². The van der Waals surface area contributed by atoms with Gasteiger partial charge in [0.05, 0.1) is 0 Å². The van der Waals surface area contributed by atoms with Gasteiger partial charge in [0.15, 0.2) is 11.5 Å². The van der Waals surface area contributed by atoms with Gasteiger partial charge in [-0.05, 0) is 49.7 Å². The van der Waals surface area contributed by atoms with Gasteiger partial charge in [-0.3, -0.25) is 9.78 Å². The number of hydrogen-bond acceptors (Lipinski definition) is 5. The van der Waals surface area contributed by atoms with Crippen LogP contribution in [0.5, 0.6) is 11.5 Å². The molecule has 6 nitrogen and oxygen atoms in total. The Kier molecular flexibility index (Phi) is 4.38. The third-order valence-electron chi connectivity index (χ3n) is 4.28. The van der Waals surface area contributed by atoms with Gasteiger partial charge in [0.1, 0.15) is 5.69 Å². The number of hydrogen-bond donors (Lipinski definition) is 2. The molecule has 6 heteroatoms. The smallest absolute Gasteiger partial charge is 0.274 e. The van der Waals surface area contributed by atoms with Crippen LogP contribution in [0.2, 0.25) is 0 Å². The first-order valence-corrected chi connectivity index (χ1v) is 8.60. The summed E-state index contributed by atoms with van der Waals surface area (Å²) in [5.74, 6) is 0.995. The second kappa shape index (κ2) is 6.99. The molecule has 1 amide bonds. The van der Waals surface area contributed by atoms with E-state index >= 15 is 0 Å². The summed E-state index contributed by atoms with van der Waals surface area (Å²) < 4.78 is 10.6. The summed E-state index contributed by atoms with van der Waals surface area (Å²) >= 11 is 0. The minimum atomic E-state index is -0.293. The number of benzene rings is 2. The third-order valence-corrected chi connectivity index (χ3v) is 4.28. The van der Waals surface area contributed by atoms with E-state index in [2.05, 4.69) is 28.6 Å². The molecule has 0 saturated carbocycles. The van der Waals surface area contributed by atoms with Gasteiger partial charge in [0, 0.05) is 29.3 Å². The summed E-state index contributed by atoms with van der Waals surface area (Å²) in [6.45, 7) is 4.30. The van der Waals surface area contributed by atoms with Crippen LogP contribution in [0.4, 0.5) is 17.1 Å². The second-order valence-electron chi connectivity index (χ2n) is 6.40. The van der Waals surface area contributed by atoms with Crippen molar-refractivity contribution < 1.29 is 14.3 Å². The van der Waals surface area contributed by atoms with Crippen molar-refractivity contribution in [3.8, 4) is 11.5 Å². The highest BCUT2D eigenvalue weighted by Crippen LogP contribution is 2.34. The van der Waals surface area contributed by atoms with Crippen LogP contribution in [0.3, 0.4) is 0 Å². The van der Waals surface area contributed by atoms with Crippen LogP contribution in [-0.2, 0) is 0 Å². The van der Waals surface area contributed by atoms with E-state index in [-0.39, 0.29) is 12.7 Å². The standard InChI is InChI=1S/C21H19N3O3/c1-13-3-5-17(14(2)9-13)23-16-7-8-22-18(10-16)21(25)24-15-4-6-19-20(11-15)27-12-26-19/h3-11H,12H2,1-2H3,(H,22,23)(H,24,25). The lowest BCUT2D eigenvalue weighted by atomic mass is 10.1. The summed E-state index contributed by atoms with van der Waals surface area (Å²) in [6.07, 6.45) is 1.61. The molecule has 0 spiro atoms. The topological polar surface area (TPSA) is 72.5 Å². The highest BCUT2D eigenvalue weighted by Gasteiger charge is 2.15. The largest absolute Gasteiger partial charge is 0.454 e. The average molecular weight is 361 g/mol. The molecule has 0 aliphatic carbocycles. The molecule has 0 bridgehead atoms. The van der Waals surface area contributed by atoms with Crippen LogP contribution in [0.1, 0.15) is 21.6 Å². The van der Waals surface area contributed by atoms with Crippen molar-refractivity contribution in [3.63, 3.8) is 0 Å². The zero-order valence-electron chi connectivity index (χ0n) is 15.1. The zero-order chi connectivity index (χ0) is 18.8. The first-order valence-electron chi connectivity index (χ1n) is 8.60. The summed E-state index contributed by atoms with van der Waals surface area (Å²) in [7, 11) is 0. The summed E-state index contributed by atoms with van der Waals surface area (Å²) in [5, 5.41) is 6.17. The monoisotopic (exact) mass is 361 g/mol. The number of carbonyl (C=O) groups excluding carboxylic acids is 1. The van der Waals surface area contributed by atoms with Crippen molar-refractivity contribution in [1.82, 2.24) is 4.98 Å². The number of fused-ring (bicyclic) bond motifs is 1. The quantitative estimate of drug-likeness (QED) is 0.719. The molecule has 0 fully saturated rings. The fourth-order valence-electron chi connectivity index (χ4n) is 2.91. The SMILES string of the molecule is Cc1ccc(Nc2ccnc(C(=O)Nc3ccc4c(c3)OCO4)c2)c(C)c1. The van der Waals surface area contributed by atoms with E-state index in [1.54, 1.807) is 30.5 Å². The van der Waals surface area contributed by atoms with Gasteiger partial charge in [0.25, 0.3) is 5.91 Å². The molecule has 0 saturated heterocycles. The van der Waals surface area contributed by atoms with Crippen molar-refractivity contribution in [2.75, 3.05) is 17.4 Å². The Labute approximate surface area is 157 Å². The van der Waals surface area contributed by atoms with Crippen molar-refractivity contribution in [1.29, 1.82) is 0 Å². The number of nitrogens with one attached hydrogen (secondary N) is 2. The molecule has 0 radical (unpaired) electrons. The molecule has 1 aliphatic rings. The van der Waals surface area contributed by atoms with Crippen molar-refractivity contribution in [2.24, 2.45) is 0 Å². The number of anilines is 3. The Hall–Kier alpha value is -3.54. The molecule has 0 unspecified atom stereocenters. The molecule has 1 aliphatic heterocycles. The summed E-state index contributed by atoms with van der Waals surface area (Å²) in [4.78, 5) is 16.7. The molecule has 1 aromatic heterocycles. The maximum atomic E-state index is 12.6. The third kappa shape index (κ3) is 3.69. The van der Waals surface area contributed by atoms with E-state index in [0.717, 1.165) is 16.9 Å². The van der Waals surface area contributed by atoms with Gasteiger partial charge in [0.2, 0.25) is 6.79 Å². The Morgan fingerprint density at radius 3 is 2.67 bits per heavy atom. The van der Waals surface area contributed by atoms with E-state index in [1.807, 2.05) is 25.1 Å². The number of aryl methyl sites for hydroxylation is 2. The molecule has 2 heterocycles. The molecule has 0 atom stereocenters. The lowest BCUT2D eigenvalue weighted by Crippen LogP contribution is -2.13. The van der Waals surface area contributed by atoms with Crippen molar-refractivity contribution >= 4 is 23.0 Å². The maximum absolute atomic E-state index is 12.6. The number of ether oxygens (including phenoxy) is 2. The van der Waals surface area contributed by atoms with Gasteiger partial charge < -0.3 is 20.1 Å². The van der Waals surface area contributed by atoms with Crippen LogP contribution in [0.15, 0.2) is 54.7 Å². The van der Waals surface area contributed by atoms with Crippen LogP contribution in [0.25, 0.3) is 0 Å². The van der Waals surface area contributed by atoms with E-state index in [4.69, 9.17) is 9.47 Å². The minimum absolute atomic E-state index is 0.195. The van der Waals surface area contributed by atoms with E-state index < -0.39 is 0 Å². The van der Waals surface area contributed by atoms with Gasteiger partial charge in [-0.2, -0.15) is 0 Å². The van der Waals surface area contributed by atoms with Gasteiger partial charge >= 0.3 is 0 Å². The number of aromatic nitrogens is 1. The van der Waals surface area contributed by atoms with Crippen LogP contribution < -0.4 is 20.1 Å². The number of carbonyl (C=O) groups is 1. The number of rotatable bonds is 4. The Morgan fingerprint density at radius 1 is 0.963 bits per heavy atom. The van der Waals surface area contributed by atoms with Crippen LogP contribution in [0, 0.1) is 13.8 Å². The zero-order valence-corrected chi connectivity index (χ0v) is 15.1. The predicted octanol–water partition coefficient (Wildman–Crippen LogP) is 4.42. The average Bonchev–Trinajstić information content (AvgIpc) is 3.12. The number of amides is 1. The van der Waals surface area contributed by atoms with E-state index in [0.29, 0.717) is 22.9 Å².